The summed E-state index contributed by atoms with van der Waals surface area (Å²) in [6, 6.07) is 21.3. The molecule has 0 fully saturated rings. The van der Waals surface area contributed by atoms with E-state index in [1.54, 1.807) is 36.2 Å². The van der Waals surface area contributed by atoms with Gasteiger partial charge >= 0.3 is 11.9 Å². The fraction of sp³-hybridized carbons (Fsp3) is 0.222. The Morgan fingerprint density at radius 3 is 2.34 bits per heavy atom. The second kappa shape index (κ2) is 12.1. The quantitative estimate of drug-likeness (QED) is 0.413. The second-order valence-electron chi connectivity index (χ2n) is 8.20. The van der Waals surface area contributed by atoms with Crippen LogP contribution >= 0.6 is 11.6 Å². The lowest BCUT2D eigenvalue weighted by Crippen LogP contribution is -2.43. The summed E-state index contributed by atoms with van der Waals surface area (Å²) in [5.41, 5.74) is 4.11. The molecule has 1 atom stereocenters. The lowest BCUT2D eigenvalue weighted by molar-refractivity contribution is -0.143. The Morgan fingerprint density at radius 2 is 1.69 bits per heavy atom. The number of amides is 1. The molecule has 182 valence electrons. The lowest BCUT2D eigenvalue weighted by atomic mass is 9.99. The van der Waals surface area contributed by atoms with E-state index in [0.29, 0.717) is 11.6 Å². The highest BCUT2D eigenvalue weighted by molar-refractivity contribution is 6.33. The number of methoxy groups -OCH3 is 1. The Morgan fingerprint density at radius 1 is 0.971 bits per heavy atom. The van der Waals surface area contributed by atoms with Crippen LogP contribution in [0.25, 0.3) is 11.1 Å². The number of carboxylic acids is 1. The van der Waals surface area contributed by atoms with Gasteiger partial charge in [-0.25, -0.2) is 4.79 Å². The average Bonchev–Trinajstić information content (AvgIpc) is 2.83. The van der Waals surface area contributed by atoms with Gasteiger partial charge in [0.05, 0.1) is 24.2 Å². The van der Waals surface area contributed by atoms with Crippen molar-refractivity contribution in [2.24, 2.45) is 0 Å². The molecule has 0 radical (unpaired) electrons. The Labute approximate surface area is 209 Å². The van der Waals surface area contributed by atoms with Gasteiger partial charge in [0.25, 0.3) is 5.91 Å². The topological polar surface area (TPSA) is 95.9 Å². The van der Waals surface area contributed by atoms with Crippen molar-refractivity contribution in [3.8, 4) is 11.1 Å². The molecule has 0 aliphatic carbocycles. The molecule has 3 aromatic rings. The van der Waals surface area contributed by atoms with Gasteiger partial charge in [-0.05, 0) is 47.5 Å². The van der Waals surface area contributed by atoms with E-state index >= 15 is 0 Å². The minimum atomic E-state index is -0.872. The van der Waals surface area contributed by atoms with Gasteiger partial charge in [0.1, 0.15) is 6.04 Å². The van der Waals surface area contributed by atoms with Crippen molar-refractivity contribution in [1.29, 1.82) is 0 Å². The number of hydrogen-bond acceptors (Lipinski definition) is 5. The van der Waals surface area contributed by atoms with Crippen LogP contribution in [0, 0.1) is 0 Å². The van der Waals surface area contributed by atoms with Gasteiger partial charge in [-0.2, -0.15) is 0 Å². The molecule has 0 aliphatic rings. The van der Waals surface area contributed by atoms with E-state index in [9.17, 15) is 14.4 Å². The third-order valence-electron chi connectivity index (χ3n) is 5.42. The Hall–Kier alpha value is -3.68. The molecule has 0 spiro atoms. The molecule has 3 aromatic carbocycles. The largest absolute Gasteiger partial charge is 0.480 e. The van der Waals surface area contributed by atoms with E-state index in [4.69, 9.17) is 21.4 Å². The first-order valence-corrected chi connectivity index (χ1v) is 11.4. The number of carbonyl (C=O) groups is 3. The lowest BCUT2D eigenvalue weighted by Gasteiger charge is -2.17. The molecule has 8 heteroatoms. The zero-order valence-corrected chi connectivity index (χ0v) is 20.3. The number of esters is 1. The van der Waals surface area contributed by atoms with E-state index in [2.05, 4.69) is 5.32 Å². The molecule has 0 unspecified atom stereocenters. The summed E-state index contributed by atoms with van der Waals surface area (Å²) in [6.45, 7) is 0.484. The monoisotopic (exact) mass is 494 g/mol. The number of rotatable bonds is 10. The highest BCUT2D eigenvalue weighted by Gasteiger charge is 2.23. The molecule has 1 amide bonds. The number of aliphatic carboxylic acids is 1. The molecule has 0 heterocycles. The predicted molar refractivity (Wildman–Crippen MR) is 134 cm³/mol. The number of carbonyl (C=O) groups excluding carboxylic acids is 2. The number of likely N-dealkylation sites (N-methyl/N-ethyl adjacent to an activating group) is 1. The average molecular weight is 495 g/mol. The molecule has 0 bridgehead atoms. The van der Waals surface area contributed by atoms with E-state index in [0.717, 1.165) is 22.3 Å². The molecule has 0 aromatic heterocycles. The predicted octanol–water partition coefficient (Wildman–Crippen LogP) is 4.04. The number of nitrogens with one attached hydrogen (secondary N) is 1. The summed E-state index contributed by atoms with van der Waals surface area (Å²) < 4.78 is 4.89. The first kappa shape index (κ1) is 25.9. The van der Waals surface area contributed by atoms with Crippen LogP contribution < -0.4 is 5.32 Å². The summed E-state index contributed by atoms with van der Waals surface area (Å²) in [6.07, 6.45) is 0.253. The van der Waals surface area contributed by atoms with Gasteiger partial charge in [-0.15, -0.1) is 0 Å². The van der Waals surface area contributed by atoms with Crippen molar-refractivity contribution in [3.63, 3.8) is 0 Å². The fourth-order valence-corrected chi connectivity index (χ4v) is 3.96. The number of hydrogen-bond donors (Lipinski definition) is 2. The van der Waals surface area contributed by atoms with Crippen LogP contribution in [0.3, 0.4) is 0 Å². The van der Waals surface area contributed by atoms with E-state index in [1.807, 2.05) is 48.5 Å². The number of benzene rings is 3. The van der Waals surface area contributed by atoms with Crippen LogP contribution in [0.4, 0.5) is 0 Å². The van der Waals surface area contributed by atoms with Gasteiger partial charge in [-0.1, -0.05) is 66.2 Å². The first-order valence-electron chi connectivity index (χ1n) is 11.0. The fourth-order valence-electron chi connectivity index (χ4n) is 3.73. The Balaban J connectivity index is 1.71. The Kier molecular flexibility index (Phi) is 9.00. The molecule has 0 aliphatic heterocycles. The second-order valence-corrected chi connectivity index (χ2v) is 8.60. The van der Waals surface area contributed by atoms with Crippen LogP contribution in [-0.2, 0) is 27.3 Å². The summed E-state index contributed by atoms with van der Waals surface area (Å²) in [5.74, 6) is -1.87. The van der Waals surface area contributed by atoms with E-state index < -0.39 is 23.9 Å². The Bertz CT molecular complexity index is 1200. The first-order chi connectivity index (χ1) is 16.8. The molecule has 0 saturated carbocycles. The maximum atomic E-state index is 12.7. The van der Waals surface area contributed by atoms with Crippen LogP contribution in [0.5, 0.6) is 0 Å². The molecule has 2 N–H and O–H groups in total. The summed E-state index contributed by atoms with van der Waals surface area (Å²) in [7, 11) is 3.04. The number of halogens is 1. The number of ether oxygens (including phenoxy) is 1. The van der Waals surface area contributed by atoms with Crippen molar-refractivity contribution < 1.29 is 24.2 Å². The van der Waals surface area contributed by atoms with Crippen LogP contribution in [-0.4, -0.2) is 54.6 Å². The van der Waals surface area contributed by atoms with Crippen LogP contribution in [0.2, 0.25) is 5.02 Å². The highest BCUT2D eigenvalue weighted by atomic mass is 35.5. The van der Waals surface area contributed by atoms with Crippen molar-refractivity contribution in [1.82, 2.24) is 10.2 Å². The zero-order valence-electron chi connectivity index (χ0n) is 19.5. The van der Waals surface area contributed by atoms with Gasteiger partial charge in [0.2, 0.25) is 0 Å². The summed E-state index contributed by atoms with van der Waals surface area (Å²) in [5, 5.41) is 12.0. The van der Waals surface area contributed by atoms with Gasteiger partial charge in [-0.3, -0.25) is 14.5 Å². The maximum absolute atomic E-state index is 12.7. The molecule has 3 rings (SSSR count). The van der Waals surface area contributed by atoms with Crippen molar-refractivity contribution >= 4 is 29.4 Å². The molecular formula is C27H27ClN2O5. The number of nitrogens with zero attached hydrogens (tertiary/aromatic N) is 1. The molecular weight excluding hydrogens is 468 g/mol. The van der Waals surface area contributed by atoms with Gasteiger partial charge < -0.3 is 15.2 Å². The third kappa shape index (κ3) is 7.40. The van der Waals surface area contributed by atoms with Crippen LogP contribution in [0.15, 0.2) is 72.8 Å². The smallest absolute Gasteiger partial charge is 0.328 e. The third-order valence-corrected chi connectivity index (χ3v) is 5.75. The summed E-state index contributed by atoms with van der Waals surface area (Å²) >= 11 is 6.11. The number of carboxylic acid groups (broad SMARTS) is 1. The van der Waals surface area contributed by atoms with Crippen molar-refractivity contribution in [3.05, 3.63) is 94.5 Å². The molecule has 0 saturated heterocycles. The minimum absolute atomic E-state index is 0.0344. The van der Waals surface area contributed by atoms with Crippen molar-refractivity contribution in [2.75, 3.05) is 20.7 Å². The normalized spacial score (nSPS) is 11.7. The minimum Gasteiger partial charge on any atom is -0.480 e. The molecule has 7 nitrogen and oxygen atoms in total. The van der Waals surface area contributed by atoms with E-state index in [-0.39, 0.29) is 18.5 Å². The van der Waals surface area contributed by atoms with Gasteiger partial charge in [0, 0.05) is 13.0 Å². The van der Waals surface area contributed by atoms with Crippen LogP contribution in [0.1, 0.15) is 21.5 Å². The summed E-state index contributed by atoms with van der Waals surface area (Å²) in [4.78, 5) is 37.6. The van der Waals surface area contributed by atoms with Crippen molar-refractivity contribution in [2.45, 2.75) is 19.0 Å². The SMILES string of the molecule is COC(=O)[C@H](Cc1ccc(-c2cccc(CN(C)CC(=O)O)c2)cc1)NC(=O)c1ccccc1Cl. The molecule has 35 heavy (non-hydrogen) atoms. The van der Waals surface area contributed by atoms with E-state index in [1.165, 1.54) is 7.11 Å². The maximum Gasteiger partial charge on any atom is 0.328 e. The highest BCUT2D eigenvalue weighted by Crippen LogP contribution is 2.22. The van der Waals surface area contributed by atoms with Gasteiger partial charge in [0.15, 0.2) is 0 Å². The standard InChI is InChI=1S/C27H27ClN2O5/c1-30(17-25(31)32)16-19-6-5-7-21(14-19)20-12-10-18(11-13-20)15-24(27(34)35-2)29-26(33)22-8-3-4-9-23(22)28/h3-14,24H,15-17H2,1-2H3,(H,29,33)(H,31,32)/t24-/m0/s1. The zero-order chi connectivity index (χ0) is 25.4.